The van der Waals surface area contributed by atoms with E-state index in [9.17, 15) is 19.8 Å². The van der Waals surface area contributed by atoms with Gasteiger partial charge in [0.2, 0.25) is 0 Å². The number of nitrogens with zero attached hydrogens (tertiary/aromatic N) is 1. The van der Waals surface area contributed by atoms with Crippen molar-refractivity contribution in [3.63, 3.8) is 0 Å². The second-order valence-electron chi connectivity index (χ2n) is 4.92. The highest BCUT2D eigenvalue weighted by Crippen LogP contribution is 2.29. The molecule has 0 bridgehead atoms. The lowest BCUT2D eigenvalue weighted by atomic mass is 10.1. The third-order valence-electron chi connectivity index (χ3n) is 3.55. The van der Waals surface area contributed by atoms with Crippen molar-refractivity contribution < 1.29 is 20.1 Å². The molecule has 0 radical (unpaired) electrons. The number of thiophene rings is 1. The summed E-state index contributed by atoms with van der Waals surface area (Å²) in [4.78, 5) is 26.7. The summed E-state index contributed by atoms with van der Waals surface area (Å²) in [6.45, 7) is -0.495. The van der Waals surface area contributed by atoms with Crippen LogP contribution in [0.4, 0.5) is 0 Å². The number of rotatable bonds is 3. The fraction of sp³-hybridized carbons (Fsp3) is 0.385. The first kappa shape index (κ1) is 15.1. The lowest BCUT2D eigenvalue weighted by Crippen LogP contribution is -2.38. The van der Waals surface area contributed by atoms with Crippen molar-refractivity contribution in [1.29, 1.82) is 0 Å². The summed E-state index contributed by atoms with van der Waals surface area (Å²) in [5.41, 5.74) is -1.05. The molecular weight excluding hydrogens is 312 g/mol. The van der Waals surface area contributed by atoms with Crippen molar-refractivity contribution in [3.05, 3.63) is 44.5 Å². The second-order valence-corrected chi connectivity index (χ2v) is 5.86. The van der Waals surface area contributed by atoms with E-state index in [2.05, 4.69) is 4.98 Å². The fourth-order valence-electron chi connectivity index (χ4n) is 2.39. The van der Waals surface area contributed by atoms with Gasteiger partial charge in [-0.3, -0.25) is 14.3 Å². The first-order chi connectivity index (χ1) is 10.5. The smallest absolute Gasteiger partial charge is 0.330 e. The summed E-state index contributed by atoms with van der Waals surface area (Å²) in [6, 6.07) is 3.49. The second kappa shape index (κ2) is 5.78. The lowest BCUT2D eigenvalue weighted by molar-refractivity contribution is -0.0549. The number of H-pyrrole nitrogens is 1. The van der Waals surface area contributed by atoms with E-state index in [0.717, 1.165) is 4.57 Å². The normalized spacial score (nSPS) is 28.1. The maximum Gasteiger partial charge on any atom is 0.330 e. The Morgan fingerprint density at radius 3 is 2.68 bits per heavy atom. The molecule has 1 aliphatic heterocycles. The molecule has 22 heavy (non-hydrogen) atoms. The van der Waals surface area contributed by atoms with Crippen LogP contribution >= 0.6 is 11.3 Å². The number of aromatic nitrogens is 2. The molecule has 0 spiro atoms. The van der Waals surface area contributed by atoms with E-state index in [1.165, 1.54) is 17.5 Å². The van der Waals surface area contributed by atoms with Gasteiger partial charge in [-0.05, 0) is 11.4 Å². The molecule has 0 aromatic carbocycles. The molecule has 0 saturated carbocycles. The van der Waals surface area contributed by atoms with Crippen LogP contribution < -0.4 is 11.2 Å². The van der Waals surface area contributed by atoms with Gasteiger partial charge >= 0.3 is 5.69 Å². The van der Waals surface area contributed by atoms with Crippen LogP contribution in [-0.4, -0.2) is 49.8 Å². The number of aliphatic hydroxyl groups is 3. The maximum atomic E-state index is 12.0. The van der Waals surface area contributed by atoms with Crippen LogP contribution in [0.2, 0.25) is 0 Å². The molecule has 4 atom stereocenters. The van der Waals surface area contributed by atoms with Crippen molar-refractivity contribution >= 4 is 11.3 Å². The van der Waals surface area contributed by atoms with Gasteiger partial charge in [0.05, 0.1) is 12.2 Å². The van der Waals surface area contributed by atoms with Crippen molar-refractivity contribution in [3.8, 4) is 10.4 Å². The average Bonchev–Trinajstić information content (AvgIpc) is 3.10. The van der Waals surface area contributed by atoms with Gasteiger partial charge in [0.25, 0.3) is 5.56 Å². The highest BCUT2D eigenvalue weighted by Gasteiger charge is 2.43. The van der Waals surface area contributed by atoms with E-state index in [-0.39, 0.29) is 5.56 Å². The Morgan fingerprint density at radius 2 is 2.09 bits per heavy atom. The number of aromatic amines is 1. The zero-order valence-corrected chi connectivity index (χ0v) is 12.1. The van der Waals surface area contributed by atoms with Crippen LogP contribution in [0, 0.1) is 0 Å². The Kier molecular flexibility index (Phi) is 3.98. The van der Waals surface area contributed by atoms with Gasteiger partial charge in [0, 0.05) is 11.1 Å². The molecule has 3 rings (SSSR count). The third kappa shape index (κ3) is 2.42. The number of ether oxygens (including phenoxy) is 1. The Hall–Kier alpha value is -1.78. The van der Waals surface area contributed by atoms with E-state index < -0.39 is 42.4 Å². The summed E-state index contributed by atoms with van der Waals surface area (Å²) in [7, 11) is 0. The minimum atomic E-state index is -1.39. The predicted molar refractivity (Wildman–Crippen MR) is 77.6 cm³/mol. The lowest BCUT2D eigenvalue weighted by Gasteiger charge is -2.17. The Balaban J connectivity index is 2.07. The van der Waals surface area contributed by atoms with Crippen molar-refractivity contribution in [2.45, 2.75) is 24.5 Å². The molecule has 1 saturated heterocycles. The molecule has 2 aromatic rings. The van der Waals surface area contributed by atoms with Crippen LogP contribution in [-0.2, 0) is 4.74 Å². The predicted octanol–water partition coefficient (Wildman–Crippen LogP) is -1.12. The van der Waals surface area contributed by atoms with Crippen LogP contribution in [0.3, 0.4) is 0 Å². The number of aliphatic hydroxyl groups excluding tert-OH is 3. The molecule has 0 amide bonds. The molecule has 0 aliphatic carbocycles. The van der Waals surface area contributed by atoms with Crippen LogP contribution in [0.15, 0.2) is 33.3 Å². The molecule has 9 heteroatoms. The molecule has 0 unspecified atom stereocenters. The summed E-state index contributed by atoms with van der Waals surface area (Å²) < 4.78 is 6.32. The summed E-state index contributed by atoms with van der Waals surface area (Å²) >= 11 is 1.33. The molecule has 3 heterocycles. The van der Waals surface area contributed by atoms with Crippen LogP contribution in [0.5, 0.6) is 0 Å². The molecule has 118 valence electrons. The van der Waals surface area contributed by atoms with E-state index in [1.807, 2.05) is 0 Å². The maximum absolute atomic E-state index is 12.0. The van der Waals surface area contributed by atoms with Gasteiger partial charge in [-0.25, -0.2) is 4.79 Å². The first-order valence-electron chi connectivity index (χ1n) is 6.54. The van der Waals surface area contributed by atoms with Gasteiger partial charge in [0.15, 0.2) is 6.23 Å². The highest BCUT2D eigenvalue weighted by molar-refractivity contribution is 7.13. The van der Waals surface area contributed by atoms with Gasteiger partial charge in [0.1, 0.15) is 18.3 Å². The average molecular weight is 326 g/mol. The van der Waals surface area contributed by atoms with Crippen molar-refractivity contribution in [2.24, 2.45) is 0 Å². The Morgan fingerprint density at radius 1 is 1.32 bits per heavy atom. The van der Waals surface area contributed by atoms with E-state index in [1.54, 1.807) is 17.5 Å². The van der Waals surface area contributed by atoms with Crippen LogP contribution in [0.25, 0.3) is 10.4 Å². The summed E-state index contributed by atoms with van der Waals surface area (Å²) in [5, 5.41) is 30.6. The summed E-state index contributed by atoms with van der Waals surface area (Å²) in [5.74, 6) is 0. The third-order valence-corrected chi connectivity index (χ3v) is 4.45. The standard InChI is InChI=1S/C13H14N2O6S/c16-5-7-9(17)10(18)12(21-7)15-4-6(8-2-1-3-22-8)11(19)14-13(15)20/h1-4,7,9-10,12,16-18H,5H2,(H,14,19,20)/t7-,9-,10+,12-/m0/s1. The SMILES string of the molecule is O=c1[nH]c(=O)n([C@H]2O[C@@H](CO)[C@H](O)[C@H]2O)cc1-c1cccs1. The number of hydrogen-bond donors (Lipinski definition) is 4. The molecular formula is C13H14N2O6S. The van der Waals surface area contributed by atoms with Gasteiger partial charge in [-0.15, -0.1) is 11.3 Å². The van der Waals surface area contributed by atoms with E-state index in [4.69, 9.17) is 9.84 Å². The van der Waals surface area contributed by atoms with E-state index >= 15 is 0 Å². The van der Waals surface area contributed by atoms with Gasteiger partial charge in [-0.2, -0.15) is 0 Å². The Labute approximate surface area is 127 Å². The number of nitrogens with one attached hydrogen (secondary N) is 1. The first-order valence-corrected chi connectivity index (χ1v) is 7.42. The van der Waals surface area contributed by atoms with Crippen LogP contribution in [0.1, 0.15) is 6.23 Å². The molecule has 1 aliphatic rings. The fourth-order valence-corrected chi connectivity index (χ4v) is 3.12. The molecule has 1 fully saturated rings. The largest absolute Gasteiger partial charge is 0.394 e. The highest BCUT2D eigenvalue weighted by atomic mass is 32.1. The van der Waals surface area contributed by atoms with Gasteiger partial charge in [-0.1, -0.05) is 6.07 Å². The minimum Gasteiger partial charge on any atom is -0.394 e. The van der Waals surface area contributed by atoms with Crippen molar-refractivity contribution in [1.82, 2.24) is 9.55 Å². The van der Waals surface area contributed by atoms with Crippen molar-refractivity contribution in [2.75, 3.05) is 6.61 Å². The quantitative estimate of drug-likeness (QED) is 0.566. The topological polar surface area (TPSA) is 125 Å². The number of hydrogen-bond acceptors (Lipinski definition) is 7. The summed E-state index contributed by atoms with van der Waals surface area (Å²) in [6.07, 6.45) is -3.61. The zero-order chi connectivity index (χ0) is 15.9. The zero-order valence-electron chi connectivity index (χ0n) is 11.2. The van der Waals surface area contributed by atoms with E-state index in [0.29, 0.717) is 4.88 Å². The molecule has 2 aromatic heterocycles. The Bertz CT molecular complexity index is 768. The monoisotopic (exact) mass is 326 g/mol. The minimum absolute atomic E-state index is 0.257. The molecule has 8 nitrogen and oxygen atoms in total. The molecule has 4 N–H and O–H groups in total. The van der Waals surface area contributed by atoms with Gasteiger partial charge < -0.3 is 20.1 Å².